The lowest BCUT2D eigenvalue weighted by Crippen LogP contribution is -2.50. The molecule has 18 nitrogen and oxygen atoms in total. The number of fused-ring (bicyclic) bond motifs is 14. The first-order chi connectivity index (χ1) is 34.9. The summed E-state index contributed by atoms with van der Waals surface area (Å²) in [5, 5.41) is 29.5. The maximum Gasteiger partial charge on any atom is 0.315 e. The molecule has 3 unspecified atom stereocenters. The smallest absolute Gasteiger partial charge is 0.315 e. The first-order valence-corrected chi connectivity index (χ1v) is 25.8. The van der Waals surface area contributed by atoms with Crippen LogP contribution in [-0.2, 0) is 23.9 Å². The molecule has 6 aliphatic heterocycles. The van der Waals surface area contributed by atoms with Crippen LogP contribution in [0.2, 0.25) is 0 Å². The highest BCUT2D eigenvalue weighted by atomic mass is 16.7. The molecule has 2 fully saturated rings. The fraction of sp³-hybridized carbons (Fsp3) is 0.509. The molecule has 2 aromatic carbocycles. The number of phenols is 1. The molecule has 388 valence electrons. The summed E-state index contributed by atoms with van der Waals surface area (Å²) in [7, 11) is 0. The molecule has 5 bridgehead atoms. The highest BCUT2D eigenvalue weighted by Crippen LogP contribution is 2.50. The van der Waals surface area contributed by atoms with E-state index in [1.54, 1.807) is 37.0 Å². The second kappa shape index (κ2) is 21.0. The number of nitrogens with zero attached hydrogens (tertiary/aromatic N) is 5. The number of hydrogen-bond acceptors (Lipinski definition) is 15. The quantitative estimate of drug-likeness (QED) is 0.136. The average molecular weight is 1000 g/mol. The molecule has 3 aromatic rings. The molecule has 5 N–H and O–H groups in total. The highest BCUT2D eigenvalue weighted by molar-refractivity contribution is 6.34. The van der Waals surface area contributed by atoms with Crippen LogP contribution in [0.1, 0.15) is 124 Å². The number of carbonyl (C=O) groups excluding carboxylic acids is 5. The number of esters is 1. The highest BCUT2D eigenvalue weighted by Gasteiger charge is 2.54. The molecule has 10 rings (SSSR count). The van der Waals surface area contributed by atoms with Gasteiger partial charge in [0.05, 0.1) is 45.9 Å². The summed E-state index contributed by atoms with van der Waals surface area (Å²) in [5.74, 6) is -3.92. The molecular weight excluding hydrogens is 933 g/mol. The minimum Gasteiger partial charge on any atom is -0.507 e. The molecule has 1 aliphatic carbocycles. The van der Waals surface area contributed by atoms with Gasteiger partial charge in [-0.3, -0.25) is 29.0 Å². The van der Waals surface area contributed by atoms with Crippen LogP contribution in [0.25, 0.3) is 11.0 Å². The molecule has 73 heavy (non-hydrogen) atoms. The normalized spacial score (nSPS) is 26.6. The number of benzene rings is 2. The number of carbonyl (C=O) groups is 5. The number of ketones is 2. The lowest BCUT2D eigenvalue weighted by atomic mass is 9.82. The number of hydrogen-bond donors (Lipinski definition) is 5. The van der Waals surface area contributed by atoms with Crippen LogP contribution in [-0.4, -0.2) is 135 Å². The molecule has 1 spiro atoms. The van der Waals surface area contributed by atoms with Crippen LogP contribution in [0.15, 0.2) is 76.8 Å². The zero-order chi connectivity index (χ0) is 51.8. The Bertz CT molecular complexity index is 2820. The van der Waals surface area contributed by atoms with Gasteiger partial charge in [0.25, 0.3) is 11.7 Å². The summed E-state index contributed by atoms with van der Waals surface area (Å²) in [5.41, 5.74) is 1.87. The number of anilines is 1. The van der Waals surface area contributed by atoms with Crippen molar-refractivity contribution in [3.8, 4) is 11.5 Å². The third-order valence-corrected chi connectivity index (χ3v) is 14.8. The van der Waals surface area contributed by atoms with E-state index in [0.29, 0.717) is 76.2 Å². The van der Waals surface area contributed by atoms with Crippen molar-refractivity contribution in [3.05, 3.63) is 94.1 Å². The summed E-state index contributed by atoms with van der Waals surface area (Å²) in [6, 6.07) is 7.80. The first kappa shape index (κ1) is 51.1. The molecule has 4 atom stereocenters. The Hall–Kier alpha value is -6.79. The maximum absolute atomic E-state index is 14.8. The van der Waals surface area contributed by atoms with Gasteiger partial charge < -0.3 is 54.7 Å². The van der Waals surface area contributed by atoms with Crippen molar-refractivity contribution in [2.75, 3.05) is 50.7 Å². The number of phenolic OH excluding ortho intramolecular Hbond substituents is 1. The third kappa shape index (κ3) is 10.7. The van der Waals surface area contributed by atoms with Crippen molar-refractivity contribution >= 4 is 52.0 Å². The fourth-order valence-electron chi connectivity index (χ4n) is 10.7. The number of nitrogens with one attached hydrogen (secondary N) is 3. The van der Waals surface area contributed by atoms with Gasteiger partial charge in [-0.05, 0) is 76.0 Å². The van der Waals surface area contributed by atoms with E-state index in [2.05, 4.69) is 39.3 Å². The number of likely N-dealkylation sites (tertiary alicyclic amines) is 1. The minimum atomic E-state index is -1.92. The zero-order valence-corrected chi connectivity index (χ0v) is 42.7. The molecule has 7 heterocycles. The lowest BCUT2D eigenvalue weighted by molar-refractivity contribution is -0.154. The molecule has 0 radical (unpaired) electrons. The van der Waals surface area contributed by atoms with Crippen molar-refractivity contribution in [1.29, 1.82) is 0 Å². The van der Waals surface area contributed by atoms with E-state index < -0.39 is 59.3 Å². The van der Waals surface area contributed by atoms with Gasteiger partial charge in [0.2, 0.25) is 17.6 Å². The second-order valence-corrected chi connectivity index (χ2v) is 21.0. The maximum atomic E-state index is 14.8. The van der Waals surface area contributed by atoms with Crippen LogP contribution in [0, 0.1) is 18.8 Å². The van der Waals surface area contributed by atoms with E-state index in [4.69, 9.17) is 24.2 Å². The number of piperidine rings is 1. The number of aliphatic imine (C=N–C) groups is 1. The second-order valence-electron chi connectivity index (χ2n) is 21.0. The number of para-hydroxylation sites is 2. The number of ether oxygens (including phenoxy) is 3. The summed E-state index contributed by atoms with van der Waals surface area (Å²) in [6.45, 7) is 15.5. The molecule has 18 heteroatoms. The average Bonchev–Trinajstić information content (AvgIpc) is 3.95. The van der Waals surface area contributed by atoms with Crippen molar-refractivity contribution in [2.24, 2.45) is 16.8 Å². The Morgan fingerprint density at radius 1 is 0.973 bits per heavy atom. The zero-order valence-electron chi connectivity index (χ0n) is 42.7. The number of rotatable bonds is 6. The predicted molar refractivity (Wildman–Crippen MR) is 274 cm³/mol. The van der Waals surface area contributed by atoms with Crippen LogP contribution < -0.4 is 20.3 Å². The predicted octanol–water partition coefficient (Wildman–Crippen LogP) is 6.27. The van der Waals surface area contributed by atoms with Gasteiger partial charge in [0.15, 0.2) is 0 Å². The number of aromatic nitrogens is 2. The van der Waals surface area contributed by atoms with Gasteiger partial charge in [-0.2, -0.15) is 0 Å². The van der Waals surface area contributed by atoms with E-state index in [0.717, 1.165) is 36.6 Å². The number of aromatic hydroxyl groups is 1. The molecule has 0 saturated carbocycles. The standard InChI is InChI=1S/C55H68N8O10/c1-32(2)31-61-24-20-55(21-25-61)59-45-42-43-48(67)35(5)50-44(42)51(69)54(6,73-50)71-28-10-9-15-37(29-36(64)19-18-33(3)13-11-14-34(4)52(70)58-47(49(43)68)46(45)60-55)72-41(66)30-40(65)62-22-12-23-63(27-26-62)53-56-38-16-7-8-17-39(38)57-53/h7-8,10-11,13-14,16-17,28,32-33,36-37,60,64,67H,9,12,15,18-27,29-31H2,1-6H3,(H,56,57)(H,58,70)/b13-11+,28-10+,34-14-/t33?,36?,37-,54?/m1/s1. The van der Waals surface area contributed by atoms with Gasteiger partial charge >= 0.3 is 11.8 Å². The molecule has 7 aliphatic rings. The van der Waals surface area contributed by atoms with Gasteiger partial charge in [0, 0.05) is 88.7 Å². The SMILES string of the molecule is C/C1=C/C=C/C(C)CCC(O)C[C@H](OC(=O)CC(=O)N2CCCN(c3nc4ccccc4[nH]3)CC2)CC/C=C/OC2(C)Oc3c(C)c(O)c4c(c3C2=O)C2=NC3(CCN(CC(C)C)CC3)NC2=C(NC1=O)C4=O. The van der Waals surface area contributed by atoms with E-state index >= 15 is 0 Å². The number of aliphatic hydroxyl groups excluding tert-OH is 1. The minimum absolute atomic E-state index is 0.00706. The number of H-pyrrole nitrogens is 1. The fourth-order valence-corrected chi connectivity index (χ4v) is 10.7. The van der Waals surface area contributed by atoms with E-state index in [9.17, 15) is 34.2 Å². The van der Waals surface area contributed by atoms with E-state index in [-0.39, 0.29) is 69.8 Å². The van der Waals surface area contributed by atoms with Crippen LogP contribution in [0.4, 0.5) is 5.95 Å². The third-order valence-electron chi connectivity index (χ3n) is 14.8. The summed E-state index contributed by atoms with van der Waals surface area (Å²) in [4.78, 5) is 90.0. The summed E-state index contributed by atoms with van der Waals surface area (Å²) >= 11 is 0. The van der Waals surface area contributed by atoms with Gasteiger partial charge in [0.1, 0.15) is 35.4 Å². The number of amides is 2. The summed E-state index contributed by atoms with van der Waals surface area (Å²) < 4.78 is 18.3. The van der Waals surface area contributed by atoms with Crippen molar-refractivity contribution in [1.82, 2.24) is 30.4 Å². The molecule has 2 saturated heterocycles. The van der Waals surface area contributed by atoms with Crippen molar-refractivity contribution in [3.63, 3.8) is 0 Å². The number of imidazole rings is 1. The van der Waals surface area contributed by atoms with Crippen molar-refractivity contribution < 1.29 is 48.4 Å². The van der Waals surface area contributed by atoms with Crippen molar-refractivity contribution in [2.45, 2.75) is 123 Å². The summed E-state index contributed by atoms with van der Waals surface area (Å²) in [6.07, 6.45) is 9.80. The first-order valence-electron chi connectivity index (χ1n) is 25.8. The molecular formula is C55H68N8O10. The van der Waals surface area contributed by atoms with Crippen LogP contribution >= 0.6 is 0 Å². The van der Waals surface area contributed by atoms with Gasteiger partial charge in [-0.1, -0.05) is 51.1 Å². The van der Waals surface area contributed by atoms with Crippen LogP contribution in [0.5, 0.6) is 11.5 Å². The number of aromatic amines is 1. The van der Waals surface area contributed by atoms with Gasteiger partial charge in [-0.25, -0.2) is 4.98 Å². The number of aliphatic hydroxyl groups is 1. The molecule has 1 aromatic heterocycles. The Morgan fingerprint density at radius 2 is 1.75 bits per heavy atom. The van der Waals surface area contributed by atoms with Gasteiger partial charge in [-0.15, -0.1) is 0 Å². The Kier molecular flexibility index (Phi) is 14.7. The topological polar surface area (TPSA) is 228 Å². The van der Waals surface area contributed by atoms with E-state index in [1.807, 2.05) is 37.3 Å². The Balaban J connectivity index is 0.945. The molecule has 2 amide bonds. The largest absolute Gasteiger partial charge is 0.507 e. The lowest BCUT2D eigenvalue weighted by Gasteiger charge is -2.38. The number of allylic oxidation sites excluding steroid dienone is 6. The Morgan fingerprint density at radius 3 is 2.52 bits per heavy atom. The Labute approximate surface area is 425 Å². The van der Waals surface area contributed by atoms with E-state index in [1.165, 1.54) is 13.2 Å². The monoisotopic (exact) mass is 1000 g/mol. The van der Waals surface area contributed by atoms with Crippen LogP contribution in [0.3, 0.4) is 0 Å². The number of Topliss-reactive ketones (excluding diaryl/α,β-unsaturated/α-hetero) is 2.